The van der Waals surface area contributed by atoms with Gasteiger partial charge in [-0.2, -0.15) is 5.10 Å². The monoisotopic (exact) mass is 379 g/mol. The summed E-state index contributed by atoms with van der Waals surface area (Å²) < 4.78 is 12.1. The zero-order valence-electron chi connectivity index (χ0n) is 16.6. The Balaban J connectivity index is 2.01. The molecule has 0 bridgehead atoms. The highest BCUT2D eigenvalue weighted by Gasteiger charge is 2.18. The lowest BCUT2D eigenvalue weighted by Gasteiger charge is -2.10. The number of aromatic nitrogens is 2. The molecular formula is C22H25N3O3. The number of hydrogen-bond donors (Lipinski definition) is 1. The van der Waals surface area contributed by atoms with Crippen molar-refractivity contribution < 1.29 is 14.3 Å². The molecule has 0 saturated heterocycles. The molecule has 0 aliphatic rings. The third kappa shape index (κ3) is 4.34. The summed E-state index contributed by atoms with van der Waals surface area (Å²) in [6.45, 7) is 4.72. The fourth-order valence-corrected chi connectivity index (χ4v) is 2.75. The maximum absolute atomic E-state index is 12.8. The minimum Gasteiger partial charge on any atom is -0.497 e. The molecule has 6 heteroatoms. The molecule has 1 N–H and O–H groups in total. The van der Waals surface area contributed by atoms with E-state index in [4.69, 9.17) is 9.47 Å². The van der Waals surface area contributed by atoms with E-state index in [0.29, 0.717) is 23.9 Å². The van der Waals surface area contributed by atoms with Crippen LogP contribution in [0.15, 0.2) is 54.6 Å². The smallest absolute Gasteiger partial charge is 0.270 e. The Morgan fingerprint density at radius 2 is 1.57 bits per heavy atom. The quantitative estimate of drug-likeness (QED) is 0.675. The van der Waals surface area contributed by atoms with E-state index in [-0.39, 0.29) is 5.91 Å². The maximum Gasteiger partial charge on any atom is 0.270 e. The summed E-state index contributed by atoms with van der Waals surface area (Å²) in [6.07, 6.45) is 0. The van der Waals surface area contributed by atoms with Gasteiger partial charge in [-0.25, -0.2) is 4.68 Å². The summed E-state index contributed by atoms with van der Waals surface area (Å²) in [5, 5.41) is 7.65. The van der Waals surface area contributed by atoms with Crippen molar-refractivity contribution in [3.05, 3.63) is 60.3 Å². The number of benzene rings is 2. The molecule has 0 radical (unpaired) electrons. The van der Waals surface area contributed by atoms with Crippen LogP contribution < -0.4 is 14.8 Å². The van der Waals surface area contributed by atoms with E-state index in [9.17, 15) is 4.79 Å². The van der Waals surface area contributed by atoms with Crippen LogP contribution >= 0.6 is 0 Å². The van der Waals surface area contributed by atoms with Crippen molar-refractivity contribution in [3.8, 4) is 28.4 Å². The molecule has 6 nitrogen and oxygen atoms in total. The number of amides is 1. The summed E-state index contributed by atoms with van der Waals surface area (Å²) in [7, 11) is 3.25. The Bertz CT molecular complexity index is 929. The van der Waals surface area contributed by atoms with Crippen LogP contribution in [0.5, 0.6) is 11.5 Å². The first kappa shape index (κ1) is 19.5. The van der Waals surface area contributed by atoms with Gasteiger partial charge in [0.1, 0.15) is 17.2 Å². The molecule has 0 unspecified atom stereocenters. The van der Waals surface area contributed by atoms with E-state index in [1.54, 1.807) is 18.9 Å². The van der Waals surface area contributed by atoms with E-state index in [0.717, 1.165) is 22.7 Å². The van der Waals surface area contributed by atoms with Crippen LogP contribution in [0.3, 0.4) is 0 Å². The first-order valence-electron chi connectivity index (χ1n) is 9.19. The number of carbonyl (C=O) groups excluding carboxylic acids is 1. The number of methoxy groups -OCH3 is 2. The van der Waals surface area contributed by atoms with Gasteiger partial charge in [-0.1, -0.05) is 13.8 Å². The van der Waals surface area contributed by atoms with E-state index in [1.807, 2.05) is 54.6 Å². The molecule has 146 valence electrons. The third-order valence-corrected chi connectivity index (χ3v) is 4.32. The van der Waals surface area contributed by atoms with E-state index in [2.05, 4.69) is 24.3 Å². The van der Waals surface area contributed by atoms with Crippen LogP contribution in [-0.2, 0) is 0 Å². The van der Waals surface area contributed by atoms with Gasteiger partial charge in [0, 0.05) is 12.1 Å². The summed E-state index contributed by atoms with van der Waals surface area (Å²) in [5.41, 5.74) is 2.89. The molecule has 1 amide bonds. The van der Waals surface area contributed by atoms with Crippen LogP contribution in [0.25, 0.3) is 16.9 Å². The number of nitrogens with zero attached hydrogens (tertiary/aromatic N) is 2. The van der Waals surface area contributed by atoms with Crippen molar-refractivity contribution in [1.82, 2.24) is 15.1 Å². The van der Waals surface area contributed by atoms with Gasteiger partial charge in [0.25, 0.3) is 5.91 Å². The predicted octanol–water partition coefficient (Wildman–Crippen LogP) is 3.94. The van der Waals surface area contributed by atoms with Crippen molar-refractivity contribution in [2.45, 2.75) is 13.8 Å². The lowest BCUT2D eigenvalue weighted by molar-refractivity contribution is 0.0941. The largest absolute Gasteiger partial charge is 0.497 e. The molecule has 0 atom stereocenters. The molecule has 28 heavy (non-hydrogen) atoms. The van der Waals surface area contributed by atoms with Crippen LogP contribution in [-0.4, -0.2) is 36.5 Å². The third-order valence-electron chi connectivity index (χ3n) is 4.32. The van der Waals surface area contributed by atoms with Gasteiger partial charge in [-0.05, 0) is 60.5 Å². The predicted molar refractivity (Wildman–Crippen MR) is 109 cm³/mol. The second kappa shape index (κ2) is 8.61. The molecular weight excluding hydrogens is 354 g/mol. The average molecular weight is 379 g/mol. The molecule has 0 spiro atoms. The molecule has 0 saturated carbocycles. The topological polar surface area (TPSA) is 65.4 Å². The number of nitrogens with one attached hydrogen (secondary N) is 1. The first-order valence-corrected chi connectivity index (χ1v) is 9.19. The minimum absolute atomic E-state index is 0.156. The zero-order valence-corrected chi connectivity index (χ0v) is 16.6. The molecule has 2 aromatic carbocycles. The summed E-state index contributed by atoms with van der Waals surface area (Å²) in [5.74, 6) is 1.73. The number of rotatable bonds is 7. The minimum atomic E-state index is -0.156. The normalized spacial score (nSPS) is 10.8. The van der Waals surface area contributed by atoms with Crippen molar-refractivity contribution in [3.63, 3.8) is 0 Å². The lowest BCUT2D eigenvalue weighted by Crippen LogP contribution is -2.29. The number of hydrogen-bond acceptors (Lipinski definition) is 4. The van der Waals surface area contributed by atoms with Gasteiger partial charge in [0.15, 0.2) is 0 Å². The lowest BCUT2D eigenvalue weighted by atomic mass is 10.1. The summed E-state index contributed by atoms with van der Waals surface area (Å²) in [6, 6.07) is 16.9. The maximum atomic E-state index is 12.8. The Morgan fingerprint density at radius 1 is 1.00 bits per heavy atom. The molecule has 0 aliphatic carbocycles. The van der Waals surface area contributed by atoms with Crippen molar-refractivity contribution in [2.24, 2.45) is 5.92 Å². The number of carbonyl (C=O) groups is 1. The summed E-state index contributed by atoms with van der Waals surface area (Å²) in [4.78, 5) is 12.8. The molecule has 1 heterocycles. The standard InChI is InChI=1S/C22H25N3O3/c1-15(2)14-23-22(26)21-13-20(16-5-9-18(27-3)10-6-16)24-25(21)17-7-11-19(28-4)12-8-17/h5-13,15H,14H2,1-4H3,(H,23,26). The van der Waals surface area contributed by atoms with Crippen molar-refractivity contribution in [2.75, 3.05) is 20.8 Å². The Hall–Kier alpha value is -3.28. The van der Waals surface area contributed by atoms with Gasteiger partial charge in [-0.3, -0.25) is 4.79 Å². The average Bonchev–Trinajstić information content (AvgIpc) is 3.17. The fourth-order valence-electron chi connectivity index (χ4n) is 2.75. The van der Waals surface area contributed by atoms with Gasteiger partial charge >= 0.3 is 0 Å². The number of ether oxygens (including phenoxy) is 2. The fraction of sp³-hybridized carbons (Fsp3) is 0.273. The van der Waals surface area contributed by atoms with E-state index in [1.165, 1.54) is 0 Å². The van der Waals surface area contributed by atoms with Crippen LogP contribution in [0.4, 0.5) is 0 Å². The Labute approximate surface area is 165 Å². The van der Waals surface area contributed by atoms with Crippen molar-refractivity contribution in [1.29, 1.82) is 0 Å². The Kier molecular flexibility index (Phi) is 5.99. The summed E-state index contributed by atoms with van der Waals surface area (Å²) >= 11 is 0. The van der Waals surface area contributed by atoms with Gasteiger partial charge in [0.2, 0.25) is 0 Å². The van der Waals surface area contributed by atoms with Gasteiger partial charge in [-0.15, -0.1) is 0 Å². The molecule has 0 fully saturated rings. The molecule has 3 aromatic rings. The highest BCUT2D eigenvalue weighted by molar-refractivity contribution is 5.94. The van der Waals surface area contributed by atoms with Crippen LogP contribution in [0, 0.1) is 5.92 Å². The van der Waals surface area contributed by atoms with Crippen LogP contribution in [0.2, 0.25) is 0 Å². The molecule has 1 aromatic heterocycles. The van der Waals surface area contributed by atoms with Crippen molar-refractivity contribution >= 4 is 5.91 Å². The first-order chi connectivity index (χ1) is 13.5. The van der Waals surface area contributed by atoms with Crippen LogP contribution in [0.1, 0.15) is 24.3 Å². The highest BCUT2D eigenvalue weighted by atomic mass is 16.5. The molecule has 0 aliphatic heterocycles. The highest BCUT2D eigenvalue weighted by Crippen LogP contribution is 2.25. The Morgan fingerprint density at radius 3 is 2.11 bits per heavy atom. The SMILES string of the molecule is COc1ccc(-c2cc(C(=O)NCC(C)C)n(-c3ccc(OC)cc3)n2)cc1. The van der Waals surface area contributed by atoms with E-state index < -0.39 is 0 Å². The molecule has 3 rings (SSSR count). The van der Waals surface area contributed by atoms with Gasteiger partial charge in [0.05, 0.1) is 25.6 Å². The second-order valence-electron chi connectivity index (χ2n) is 6.86. The second-order valence-corrected chi connectivity index (χ2v) is 6.86. The zero-order chi connectivity index (χ0) is 20.1. The van der Waals surface area contributed by atoms with Gasteiger partial charge < -0.3 is 14.8 Å². The van der Waals surface area contributed by atoms with E-state index >= 15 is 0 Å².